The highest BCUT2D eigenvalue weighted by molar-refractivity contribution is 5.37. The molecular weight excluding hydrogens is 212 g/mol. The maximum Gasteiger partial charge on any atom is 0.232 e. The molecule has 0 radical (unpaired) electrons. The van der Waals surface area contributed by atoms with Crippen LogP contribution in [0.25, 0.3) is 0 Å². The summed E-state index contributed by atoms with van der Waals surface area (Å²) in [4.78, 5) is 4.07. The zero-order valence-electron chi connectivity index (χ0n) is 9.50. The van der Waals surface area contributed by atoms with Gasteiger partial charge in [-0.3, -0.25) is 0 Å². The van der Waals surface area contributed by atoms with Crippen LogP contribution in [0.1, 0.15) is 24.2 Å². The summed E-state index contributed by atoms with van der Waals surface area (Å²) in [5, 5.41) is 8.93. The fraction of sp³-hybridized carbons (Fsp3) is 0.143. The molecule has 1 unspecified atom stereocenters. The molecule has 3 heteroatoms. The van der Waals surface area contributed by atoms with E-state index in [1.807, 2.05) is 37.3 Å². The lowest BCUT2D eigenvalue weighted by atomic mass is 10.1. The Morgan fingerprint density at radius 2 is 1.94 bits per heavy atom. The lowest BCUT2D eigenvalue weighted by Crippen LogP contribution is -2.05. The van der Waals surface area contributed by atoms with Crippen LogP contribution >= 0.6 is 0 Å². The zero-order chi connectivity index (χ0) is 12.1. The summed E-state index contributed by atoms with van der Waals surface area (Å²) in [6.07, 6.45) is 1.49. The summed E-state index contributed by atoms with van der Waals surface area (Å²) in [6.45, 7) is 1.94. The molecule has 0 bridgehead atoms. The van der Waals surface area contributed by atoms with Gasteiger partial charge in [0.15, 0.2) is 0 Å². The molecule has 1 aromatic carbocycles. The number of aromatic nitrogens is 1. The molecule has 0 aliphatic rings. The molecule has 0 aliphatic heterocycles. The van der Waals surface area contributed by atoms with Crippen LogP contribution in [0.4, 0.5) is 0 Å². The van der Waals surface area contributed by atoms with Crippen LogP contribution in [-0.4, -0.2) is 4.98 Å². The molecule has 84 valence electrons. The van der Waals surface area contributed by atoms with E-state index in [1.165, 1.54) is 0 Å². The molecule has 0 saturated carbocycles. The van der Waals surface area contributed by atoms with Gasteiger partial charge >= 0.3 is 0 Å². The maximum atomic E-state index is 8.93. The first-order valence-electron chi connectivity index (χ1n) is 5.38. The highest BCUT2D eigenvalue weighted by Crippen LogP contribution is 2.22. The predicted molar refractivity (Wildman–Crippen MR) is 64.4 cm³/mol. The van der Waals surface area contributed by atoms with Crippen molar-refractivity contribution in [3.63, 3.8) is 0 Å². The van der Waals surface area contributed by atoms with E-state index in [9.17, 15) is 0 Å². The number of nitriles is 1. The molecule has 2 aromatic rings. The fourth-order valence-corrected chi connectivity index (χ4v) is 1.53. The minimum absolute atomic E-state index is 0.127. The van der Waals surface area contributed by atoms with Crippen molar-refractivity contribution in [3.05, 3.63) is 59.8 Å². The SMILES string of the molecule is CC(Oc1ncccc1C#N)c1ccccc1. The average Bonchev–Trinajstić information content (AvgIpc) is 2.40. The van der Waals surface area contributed by atoms with E-state index in [1.54, 1.807) is 18.3 Å². The lowest BCUT2D eigenvalue weighted by molar-refractivity contribution is 0.217. The highest BCUT2D eigenvalue weighted by Gasteiger charge is 2.10. The first kappa shape index (κ1) is 11.2. The average molecular weight is 224 g/mol. The van der Waals surface area contributed by atoms with Gasteiger partial charge < -0.3 is 4.74 Å². The summed E-state index contributed by atoms with van der Waals surface area (Å²) >= 11 is 0. The van der Waals surface area contributed by atoms with Gasteiger partial charge in [0.25, 0.3) is 0 Å². The van der Waals surface area contributed by atoms with Gasteiger partial charge in [0.1, 0.15) is 17.7 Å². The van der Waals surface area contributed by atoms with E-state index < -0.39 is 0 Å². The van der Waals surface area contributed by atoms with Gasteiger partial charge in [0.2, 0.25) is 5.88 Å². The molecule has 1 atom stereocenters. The van der Waals surface area contributed by atoms with Crippen molar-refractivity contribution >= 4 is 0 Å². The Balaban J connectivity index is 2.19. The van der Waals surface area contributed by atoms with Crippen molar-refractivity contribution in [2.75, 3.05) is 0 Å². The van der Waals surface area contributed by atoms with Gasteiger partial charge in [-0.25, -0.2) is 4.98 Å². The second-order valence-corrected chi connectivity index (χ2v) is 3.64. The molecule has 0 spiro atoms. The second-order valence-electron chi connectivity index (χ2n) is 3.64. The quantitative estimate of drug-likeness (QED) is 0.804. The lowest BCUT2D eigenvalue weighted by Gasteiger charge is -2.14. The molecule has 1 heterocycles. The topological polar surface area (TPSA) is 45.9 Å². The van der Waals surface area contributed by atoms with E-state index in [-0.39, 0.29) is 6.10 Å². The van der Waals surface area contributed by atoms with Crippen LogP contribution < -0.4 is 4.74 Å². The summed E-state index contributed by atoms with van der Waals surface area (Å²) in [5.41, 5.74) is 1.51. The maximum absolute atomic E-state index is 8.93. The molecule has 0 N–H and O–H groups in total. The number of rotatable bonds is 3. The molecule has 0 fully saturated rings. The Labute approximate surface area is 100 Å². The Hall–Kier alpha value is -2.34. The summed E-state index contributed by atoms with van der Waals surface area (Å²) < 4.78 is 5.69. The summed E-state index contributed by atoms with van der Waals surface area (Å²) in [6, 6.07) is 15.3. The van der Waals surface area contributed by atoms with E-state index in [0.717, 1.165) is 5.56 Å². The van der Waals surface area contributed by atoms with Crippen molar-refractivity contribution in [2.45, 2.75) is 13.0 Å². The predicted octanol–water partition coefficient (Wildman–Crippen LogP) is 3.09. The number of hydrogen-bond acceptors (Lipinski definition) is 3. The number of ether oxygens (including phenoxy) is 1. The Morgan fingerprint density at radius 1 is 1.18 bits per heavy atom. The van der Waals surface area contributed by atoms with E-state index >= 15 is 0 Å². The Kier molecular flexibility index (Phi) is 3.37. The molecule has 0 aliphatic carbocycles. The monoisotopic (exact) mass is 224 g/mol. The second kappa shape index (κ2) is 5.13. The van der Waals surface area contributed by atoms with Crippen molar-refractivity contribution in [3.8, 4) is 11.9 Å². The minimum atomic E-state index is -0.127. The minimum Gasteiger partial charge on any atom is -0.469 e. The standard InChI is InChI=1S/C14H12N2O/c1-11(12-6-3-2-4-7-12)17-14-13(10-15)8-5-9-16-14/h2-9,11H,1H3. The first-order valence-corrected chi connectivity index (χ1v) is 5.38. The van der Waals surface area contributed by atoms with Crippen molar-refractivity contribution in [2.24, 2.45) is 0 Å². The Morgan fingerprint density at radius 3 is 2.65 bits per heavy atom. The highest BCUT2D eigenvalue weighted by atomic mass is 16.5. The number of pyridine rings is 1. The molecular formula is C14H12N2O. The van der Waals surface area contributed by atoms with Gasteiger partial charge in [0.05, 0.1) is 0 Å². The van der Waals surface area contributed by atoms with Gasteiger partial charge in [-0.2, -0.15) is 5.26 Å². The van der Waals surface area contributed by atoms with Crippen molar-refractivity contribution in [1.29, 1.82) is 5.26 Å². The molecule has 0 saturated heterocycles. The third-order valence-electron chi connectivity index (χ3n) is 2.45. The van der Waals surface area contributed by atoms with Crippen LogP contribution in [-0.2, 0) is 0 Å². The molecule has 1 aromatic heterocycles. The first-order chi connectivity index (χ1) is 8.31. The number of nitrogens with zero attached hydrogens (tertiary/aromatic N) is 2. The normalized spacial score (nSPS) is 11.5. The largest absolute Gasteiger partial charge is 0.469 e. The molecule has 2 rings (SSSR count). The van der Waals surface area contributed by atoms with Crippen LogP contribution in [0.2, 0.25) is 0 Å². The van der Waals surface area contributed by atoms with Crippen LogP contribution in [0.15, 0.2) is 48.7 Å². The van der Waals surface area contributed by atoms with Crippen LogP contribution in [0, 0.1) is 11.3 Å². The smallest absolute Gasteiger partial charge is 0.232 e. The fourth-order valence-electron chi connectivity index (χ4n) is 1.53. The number of benzene rings is 1. The Bertz CT molecular complexity index is 531. The molecule has 0 amide bonds. The van der Waals surface area contributed by atoms with Crippen LogP contribution in [0.5, 0.6) is 5.88 Å². The van der Waals surface area contributed by atoms with E-state index in [0.29, 0.717) is 11.4 Å². The number of hydrogen-bond donors (Lipinski definition) is 0. The van der Waals surface area contributed by atoms with E-state index in [2.05, 4.69) is 11.1 Å². The van der Waals surface area contributed by atoms with Gasteiger partial charge in [-0.1, -0.05) is 30.3 Å². The van der Waals surface area contributed by atoms with Gasteiger partial charge in [0, 0.05) is 6.20 Å². The third-order valence-corrected chi connectivity index (χ3v) is 2.45. The molecule has 3 nitrogen and oxygen atoms in total. The van der Waals surface area contributed by atoms with Crippen molar-refractivity contribution < 1.29 is 4.74 Å². The van der Waals surface area contributed by atoms with Gasteiger partial charge in [-0.05, 0) is 24.6 Å². The van der Waals surface area contributed by atoms with E-state index in [4.69, 9.17) is 10.00 Å². The summed E-state index contributed by atoms with van der Waals surface area (Å²) in [7, 11) is 0. The van der Waals surface area contributed by atoms with Gasteiger partial charge in [-0.15, -0.1) is 0 Å². The van der Waals surface area contributed by atoms with Crippen molar-refractivity contribution in [1.82, 2.24) is 4.98 Å². The summed E-state index contributed by atoms with van der Waals surface area (Å²) in [5.74, 6) is 0.381. The molecule has 17 heavy (non-hydrogen) atoms. The zero-order valence-corrected chi connectivity index (χ0v) is 9.50. The third kappa shape index (κ3) is 2.61. The van der Waals surface area contributed by atoms with Crippen LogP contribution in [0.3, 0.4) is 0 Å².